The molecule has 1 aromatic heterocycles. The molecule has 3 aromatic rings. The Morgan fingerprint density at radius 2 is 1.83 bits per heavy atom. The highest BCUT2D eigenvalue weighted by molar-refractivity contribution is 5.84. The minimum atomic E-state index is -0.530. The molecule has 0 aliphatic carbocycles. The van der Waals surface area contributed by atoms with E-state index in [-0.39, 0.29) is 23.2 Å². The Hall–Kier alpha value is -3.28. The number of halogens is 2. The highest BCUT2D eigenvalue weighted by Gasteiger charge is 2.20. The largest absolute Gasteiger partial charge is 0.493 e. The van der Waals surface area contributed by atoms with Crippen molar-refractivity contribution in [3.8, 4) is 16.9 Å². The van der Waals surface area contributed by atoms with Gasteiger partial charge >= 0.3 is 0 Å². The fourth-order valence-corrected chi connectivity index (χ4v) is 3.23. The summed E-state index contributed by atoms with van der Waals surface area (Å²) in [5, 5.41) is 4.42. The molecule has 0 fully saturated rings. The summed E-state index contributed by atoms with van der Waals surface area (Å²) in [6, 6.07) is 10.4. The number of methoxy groups -OCH3 is 1. The van der Waals surface area contributed by atoms with Crippen LogP contribution in [0.1, 0.15) is 36.7 Å². The maximum absolute atomic E-state index is 14.3. The Kier molecular flexibility index (Phi) is 5.92. The number of rotatable bonds is 5. The zero-order valence-electron chi connectivity index (χ0n) is 16.7. The summed E-state index contributed by atoms with van der Waals surface area (Å²) in [7, 11) is 1.38. The molecule has 3 rings (SSSR count). The van der Waals surface area contributed by atoms with E-state index in [4.69, 9.17) is 4.74 Å². The number of benzene rings is 2. The number of nitrogens with zero attached hydrogens (tertiary/aromatic N) is 2. The third kappa shape index (κ3) is 4.11. The van der Waals surface area contributed by atoms with E-state index >= 15 is 0 Å². The van der Waals surface area contributed by atoms with Crippen LogP contribution in [0.3, 0.4) is 0 Å². The van der Waals surface area contributed by atoms with Gasteiger partial charge in [-0.15, -0.1) is 0 Å². The van der Waals surface area contributed by atoms with Crippen LogP contribution in [0.15, 0.2) is 47.3 Å². The van der Waals surface area contributed by atoms with Gasteiger partial charge in [-0.2, -0.15) is 5.10 Å². The van der Waals surface area contributed by atoms with Crippen molar-refractivity contribution >= 4 is 12.2 Å². The molecule has 2 aromatic carbocycles. The smallest absolute Gasteiger partial charge is 0.274 e. The van der Waals surface area contributed by atoms with Crippen molar-refractivity contribution in [2.45, 2.75) is 26.8 Å². The lowest BCUT2D eigenvalue weighted by molar-refractivity contribution is 0.388. The van der Waals surface area contributed by atoms with Crippen LogP contribution in [0, 0.1) is 18.6 Å². The molecule has 0 aliphatic rings. The van der Waals surface area contributed by atoms with E-state index in [0.717, 1.165) is 0 Å². The summed E-state index contributed by atoms with van der Waals surface area (Å²) in [6.07, 6.45) is 3.27. The fourth-order valence-electron chi connectivity index (χ4n) is 3.23. The van der Waals surface area contributed by atoms with Crippen LogP contribution < -0.4 is 10.3 Å². The molecule has 0 amide bonds. The predicted octanol–water partition coefficient (Wildman–Crippen LogP) is 5.26. The van der Waals surface area contributed by atoms with Crippen molar-refractivity contribution in [1.82, 2.24) is 9.78 Å². The van der Waals surface area contributed by atoms with Crippen molar-refractivity contribution in [3.63, 3.8) is 0 Å². The lowest BCUT2D eigenvalue weighted by Gasteiger charge is -2.17. The van der Waals surface area contributed by atoms with Gasteiger partial charge in [0.1, 0.15) is 5.82 Å². The van der Waals surface area contributed by atoms with E-state index in [1.807, 2.05) is 13.8 Å². The monoisotopic (exact) mass is 396 g/mol. The van der Waals surface area contributed by atoms with Gasteiger partial charge in [0.05, 0.1) is 24.4 Å². The first-order valence-electron chi connectivity index (χ1n) is 9.23. The maximum Gasteiger partial charge on any atom is 0.274 e. The first-order chi connectivity index (χ1) is 13.8. The van der Waals surface area contributed by atoms with E-state index in [0.29, 0.717) is 27.9 Å². The maximum atomic E-state index is 14.3. The molecule has 0 atom stereocenters. The van der Waals surface area contributed by atoms with Crippen LogP contribution in [-0.4, -0.2) is 16.9 Å². The number of para-hydroxylation sites is 1. The number of aryl methyl sites for hydroxylation is 1. The van der Waals surface area contributed by atoms with Crippen molar-refractivity contribution in [1.29, 1.82) is 0 Å². The second-order valence-electron chi connectivity index (χ2n) is 6.93. The zero-order valence-corrected chi connectivity index (χ0v) is 16.7. The predicted molar refractivity (Wildman–Crippen MR) is 111 cm³/mol. The lowest BCUT2D eigenvalue weighted by Crippen LogP contribution is -2.28. The molecule has 0 saturated carbocycles. The first-order valence-corrected chi connectivity index (χ1v) is 9.23. The molecule has 4 nitrogen and oxygen atoms in total. The molecule has 150 valence electrons. The SMILES string of the molecule is COc1c(F)cccc1-c1c(C)nn(C(C)C)c(=O)c1C=Cc1cccc(F)c1. The summed E-state index contributed by atoms with van der Waals surface area (Å²) < 4.78 is 34.5. The molecule has 0 spiro atoms. The van der Waals surface area contributed by atoms with Gasteiger partial charge in [-0.3, -0.25) is 4.79 Å². The molecule has 0 N–H and O–H groups in total. The Bertz CT molecular complexity index is 1130. The van der Waals surface area contributed by atoms with Gasteiger partial charge in [-0.25, -0.2) is 13.5 Å². The van der Waals surface area contributed by atoms with E-state index in [2.05, 4.69) is 5.10 Å². The quantitative estimate of drug-likeness (QED) is 0.591. The Morgan fingerprint density at radius 3 is 2.48 bits per heavy atom. The molecule has 6 heteroatoms. The lowest BCUT2D eigenvalue weighted by atomic mass is 9.97. The summed E-state index contributed by atoms with van der Waals surface area (Å²) in [4.78, 5) is 13.2. The summed E-state index contributed by atoms with van der Waals surface area (Å²) >= 11 is 0. The van der Waals surface area contributed by atoms with E-state index in [1.165, 1.54) is 30.0 Å². The Balaban J connectivity index is 2.30. The Morgan fingerprint density at radius 1 is 1.10 bits per heavy atom. The minimum absolute atomic E-state index is 0.0412. The van der Waals surface area contributed by atoms with Gasteiger partial charge in [0.15, 0.2) is 11.6 Å². The third-order valence-corrected chi connectivity index (χ3v) is 4.55. The van der Waals surface area contributed by atoms with Crippen LogP contribution in [0.4, 0.5) is 8.78 Å². The van der Waals surface area contributed by atoms with Crippen molar-refractivity contribution in [2.75, 3.05) is 7.11 Å². The van der Waals surface area contributed by atoms with Crippen LogP contribution in [0.2, 0.25) is 0 Å². The second kappa shape index (κ2) is 8.39. The van der Waals surface area contributed by atoms with Gasteiger partial charge in [0.25, 0.3) is 5.56 Å². The van der Waals surface area contributed by atoms with Crippen LogP contribution in [0.25, 0.3) is 23.3 Å². The van der Waals surface area contributed by atoms with Gasteiger partial charge in [-0.05, 0) is 50.6 Å². The van der Waals surface area contributed by atoms with Crippen LogP contribution in [0.5, 0.6) is 5.75 Å². The first kappa shape index (κ1) is 20.5. The number of hydrogen-bond donors (Lipinski definition) is 0. The molecule has 29 heavy (non-hydrogen) atoms. The molecule has 0 radical (unpaired) electrons. The molecule has 0 saturated heterocycles. The summed E-state index contributed by atoms with van der Waals surface area (Å²) in [6.45, 7) is 5.48. The van der Waals surface area contributed by atoms with E-state index < -0.39 is 5.82 Å². The highest BCUT2D eigenvalue weighted by Crippen LogP contribution is 2.35. The second-order valence-corrected chi connectivity index (χ2v) is 6.93. The fraction of sp³-hybridized carbons (Fsp3) is 0.217. The molecular weight excluding hydrogens is 374 g/mol. The van der Waals surface area contributed by atoms with E-state index in [1.54, 1.807) is 43.3 Å². The van der Waals surface area contributed by atoms with Crippen molar-refractivity contribution < 1.29 is 13.5 Å². The minimum Gasteiger partial charge on any atom is -0.493 e. The highest BCUT2D eigenvalue weighted by atomic mass is 19.1. The molecule has 1 heterocycles. The van der Waals surface area contributed by atoms with Gasteiger partial charge < -0.3 is 4.74 Å². The molecule has 0 aliphatic heterocycles. The zero-order chi connectivity index (χ0) is 21.1. The Labute approximate surface area is 168 Å². The van der Waals surface area contributed by atoms with Crippen molar-refractivity contribution in [2.24, 2.45) is 0 Å². The van der Waals surface area contributed by atoms with E-state index in [9.17, 15) is 13.6 Å². The normalized spacial score (nSPS) is 11.4. The molecule has 0 bridgehead atoms. The van der Waals surface area contributed by atoms with Crippen LogP contribution in [-0.2, 0) is 0 Å². The van der Waals surface area contributed by atoms with Gasteiger partial charge in [0, 0.05) is 11.1 Å². The standard InChI is InChI=1S/C23H22F2N2O2/c1-14(2)27-23(28)19(12-11-16-7-5-8-17(24)13-16)21(15(3)26-27)18-9-6-10-20(25)22(18)29-4/h5-14H,1-4H3. The number of hydrogen-bond acceptors (Lipinski definition) is 3. The summed E-state index contributed by atoms with van der Waals surface area (Å²) in [5.41, 5.74) is 2.09. The number of ether oxygens (including phenoxy) is 1. The van der Waals surface area contributed by atoms with Gasteiger partial charge in [0.2, 0.25) is 0 Å². The third-order valence-electron chi connectivity index (χ3n) is 4.55. The van der Waals surface area contributed by atoms with Gasteiger partial charge in [-0.1, -0.05) is 30.3 Å². The molecule has 0 unspecified atom stereocenters. The van der Waals surface area contributed by atoms with Crippen LogP contribution >= 0.6 is 0 Å². The average molecular weight is 396 g/mol. The summed E-state index contributed by atoms with van der Waals surface area (Å²) in [5.74, 6) is -0.860. The average Bonchev–Trinajstić information content (AvgIpc) is 2.68. The van der Waals surface area contributed by atoms with Crippen molar-refractivity contribution in [3.05, 3.63) is 81.3 Å². The number of aromatic nitrogens is 2. The molecular formula is C23H22F2N2O2. The topological polar surface area (TPSA) is 44.1 Å².